The lowest BCUT2D eigenvalue weighted by Crippen LogP contribution is -2.21. The molecule has 110 valence electrons. The number of para-hydroxylation sites is 1. The van der Waals surface area contributed by atoms with Gasteiger partial charge in [-0.05, 0) is 42.8 Å². The van der Waals surface area contributed by atoms with Gasteiger partial charge in [-0.3, -0.25) is 4.79 Å². The minimum Gasteiger partial charge on any atom is -0.508 e. The van der Waals surface area contributed by atoms with Crippen molar-refractivity contribution < 1.29 is 14.3 Å². The smallest absolute Gasteiger partial charge is 0.349 e. The van der Waals surface area contributed by atoms with Gasteiger partial charge in [-0.1, -0.05) is 18.2 Å². The number of phenolic OH excluding ortho intramolecular Hbond substituents is 1. The van der Waals surface area contributed by atoms with E-state index in [0.29, 0.717) is 22.2 Å². The Morgan fingerprint density at radius 2 is 1.91 bits per heavy atom. The average molecular weight is 295 g/mol. The second-order valence-electron chi connectivity index (χ2n) is 4.94. The molecule has 2 N–H and O–H groups in total. The van der Waals surface area contributed by atoms with E-state index in [-0.39, 0.29) is 11.3 Å². The number of nitrogens with one attached hydrogen (secondary N) is 1. The van der Waals surface area contributed by atoms with Crippen molar-refractivity contribution in [2.24, 2.45) is 0 Å². The highest BCUT2D eigenvalue weighted by Crippen LogP contribution is 2.21. The van der Waals surface area contributed by atoms with E-state index >= 15 is 0 Å². The minimum atomic E-state index is -0.687. The van der Waals surface area contributed by atoms with Crippen LogP contribution in [0, 0.1) is 6.92 Å². The Morgan fingerprint density at radius 1 is 1.14 bits per heavy atom. The number of phenols is 1. The van der Waals surface area contributed by atoms with Crippen LogP contribution in [0.25, 0.3) is 11.0 Å². The molecule has 0 unspecified atom stereocenters. The van der Waals surface area contributed by atoms with Crippen molar-refractivity contribution in [2.75, 3.05) is 5.32 Å². The molecule has 3 rings (SSSR count). The summed E-state index contributed by atoms with van der Waals surface area (Å²) in [7, 11) is 0. The summed E-state index contributed by atoms with van der Waals surface area (Å²) in [5, 5.41) is 12.7. The summed E-state index contributed by atoms with van der Waals surface area (Å²) in [4.78, 5) is 24.2. The van der Waals surface area contributed by atoms with Gasteiger partial charge in [0.15, 0.2) is 0 Å². The average Bonchev–Trinajstić information content (AvgIpc) is 2.49. The Hall–Kier alpha value is -3.08. The summed E-state index contributed by atoms with van der Waals surface area (Å²) in [5.41, 5.74) is 0.901. The van der Waals surface area contributed by atoms with Crippen molar-refractivity contribution >= 4 is 22.6 Å². The van der Waals surface area contributed by atoms with E-state index in [4.69, 9.17) is 4.42 Å². The van der Waals surface area contributed by atoms with Crippen LogP contribution in [-0.4, -0.2) is 11.0 Å². The highest BCUT2D eigenvalue weighted by atomic mass is 16.4. The van der Waals surface area contributed by atoms with Crippen molar-refractivity contribution in [1.82, 2.24) is 0 Å². The Kier molecular flexibility index (Phi) is 3.39. The number of carbonyl (C=O) groups is 1. The molecule has 0 fully saturated rings. The number of aromatic hydroxyl groups is 1. The fourth-order valence-electron chi connectivity index (χ4n) is 2.20. The van der Waals surface area contributed by atoms with Crippen LogP contribution in [0.5, 0.6) is 5.75 Å². The van der Waals surface area contributed by atoms with E-state index in [9.17, 15) is 14.7 Å². The lowest BCUT2D eigenvalue weighted by atomic mass is 10.1. The molecule has 0 aliphatic carbocycles. The Balaban J connectivity index is 1.98. The topological polar surface area (TPSA) is 79.5 Å². The van der Waals surface area contributed by atoms with Crippen LogP contribution in [0.1, 0.15) is 15.9 Å². The normalized spacial score (nSPS) is 10.6. The van der Waals surface area contributed by atoms with Gasteiger partial charge in [-0.15, -0.1) is 0 Å². The predicted molar refractivity (Wildman–Crippen MR) is 83.3 cm³/mol. The number of benzene rings is 2. The van der Waals surface area contributed by atoms with Gasteiger partial charge in [0.1, 0.15) is 16.9 Å². The predicted octanol–water partition coefficient (Wildman–Crippen LogP) is 3.06. The Labute approximate surface area is 125 Å². The molecule has 0 aliphatic heterocycles. The summed E-state index contributed by atoms with van der Waals surface area (Å²) >= 11 is 0. The first-order valence-electron chi connectivity index (χ1n) is 6.68. The standard InChI is InChI=1S/C17H13NO4/c1-10-8-12(19)6-7-14(10)18-16(20)13-9-11-4-2-3-5-15(11)22-17(13)21/h2-9,19H,1H3,(H,18,20). The van der Waals surface area contributed by atoms with Gasteiger partial charge in [0.2, 0.25) is 0 Å². The molecule has 0 atom stereocenters. The van der Waals surface area contributed by atoms with Crippen LogP contribution in [0.4, 0.5) is 5.69 Å². The third-order valence-electron chi connectivity index (χ3n) is 3.34. The first-order valence-corrected chi connectivity index (χ1v) is 6.68. The lowest BCUT2D eigenvalue weighted by Gasteiger charge is -2.08. The molecule has 0 saturated carbocycles. The molecule has 0 spiro atoms. The molecule has 2 aromatic carbocycles. The van der Waals surface area contributed by atoms with Crippen LogP contribution in [0.2, 0.25) is 0 Å². The van der Waals surface area contributed by atoms with Crippen LogP contribution in [0.15, 0.2) is 57.7 Å². The quantitative estimate of drug-likeness (QED) is 0.562. The molecule has 1 amide bonds. The highest BCUT2D eigenvalue weighted by molar-refractivity contribution is 6.05. The van der Waals surface area contributed by atoms with E-state index in [0.717, 1.165) is 0 Å². The number of amides is 1. The van der Waals surface area contributed by atoms with Gasteiger partial charge in [-0.25, -0.2) is 4.79 Å². The number of fused-ring (bicyclic) bond motifs is 1. The van der Waals surface area contributed by atoms with Gasteiger partial charge in [0.25, 0.3) is 5.91 Å². The molecule has 1 heterocycles. The Morgan fingerprint density at radius 3 is 2.68 bits per heavy atom. The fraction of sp³-hybridized carbons (Fsp3) is 0.0588. The molecule has 1 aromatic heterocycles. The molecular formula is C17H13NO4. The summed E-state index contributed by atoms with van der Waals surface area (Å²) in [6.45, 7) is 1.75. The number of hydrogen-bond acceptors (Lipinski definition) is 4. The molecule has 0 radical (unpaired) electrons. The lowest BCUT2D eigenvalue weighted by molar-refractivity contribution is 0.102. The highest BCUT2D eigenvalue weighted by Gasteiger charge is 2.14. The third-order valence-corrected chi connectivity index (χ3v) is 3.34. The van der Waals surface area contributed by atoms with E-state index in [2.05, 4.69) is 5.32 Å². The molecule has 0 bridgehead atoms. The van der Waals surface area contributed by atoms with E-state index < -0.39 is 11.5 Å². The van der Waals surface area contributed by atoms with Crippen LogP contribution in [0.3, 0.4) is 0 Å². The number of carbonyl (C=O) groups excluding carboxylic acids is 1. The van der Waals surface area contributed by atoms with Crippen LogP contribution < -0.4 is 10.9 Å². The second-order valence-corrected chi connectivity index (χ2v) is 4.94. The SMILES string of the molecule is Cc1cc(O)ccc1NC(=O)c1cc2ccccc2oc1=O. The van der Waals surface area contributed by atoms with Gasteiger partial charge in [0, 0.05) is 11.1 Å². The number of anilines is 1. The first kappa shape index (κ1) is 13.9. The zero-order valence-corrected chi connectivity index (χ0v) is 11.8. The summed E-state index contributed by atoms with van der Waals surface area (Å²) in [6, 6.07) is 13.1. The largest absolute Gasteiger partial charge is 0.508 e. The zero-order valence-electron chi connectivity index (χ0n) is 11.8. The second kappa shape index (κ2) is 5.37. The van der Waals surface area contributed by atoms with Gasteiger partial charge in [0.05, 0.1) is 0 Å². The van der Waals surface area contributed by atoms with Crippen molar-refractivity contribution in [2.45, 2.75) is 6.92 Å². The summed E-state index contributed by atoms with van der Waals surface area (Å²) in [5.74, 6) is -0.436. The number of aryl methyl sites for hydroxylation is 1. The molecule has 22 heavy (non-hydrogen) atoms. The maximum absolute atomic E-state index is 12.3. The molecular weight excluding hydrogens is 282 g/mol. The molecule has 5 nitrogen and oxygen atoms in total. The molecule has 0 aliphatic rings. The van der Waals surface area contributed by atoms with Crippen molar-refractivity contribution in [3.8, 4) is 5.75 Å². The molecule has 0 saturated heterocycles. The molecule has 5 heteroatoms. The summed E-state index contributed by atoms with van der Waals surface area (Å²) < 4.78 is 5.14. The van der Waals surface area contributed by atoms with Gasteiger partial charge in [-0.2, -0.15) is 0 Å². The first-order chi connectivity index (χ1) is 10.5. The number of hydrogen-bond donors (Lipinski definition) is 2. The van der Waals surface area contributed by atoms with Gasteiger partial charge >= 0.3 is 5.63 Å². The molecule has 3 aromatic rings. The van der Waals surface area contributed by atoms with Crippen LogP contribution in [-0.2, 0) is 0 Å². The van der Waals surface area contributed by atoms with E-state index in [1.165, 1.54) is 18.2 Å². The maximum Gasteiger partial charge on any atom is 0.349 e. The van der Waals surface area contributed by atoms with Crippen LogP contribution >= 0.6 is 0 Å². The minimum absolute atomic E-state index is 0.0637. The van der Waals surface area contributed by atoms with Crippen molar-refractivity contribution in [1.29, 1.82) is 0 Å². The maximum atomic E-state index is 12.3. The Bertz CT molecular complexity index is 927. The van der Waals surface area contributed by atoms with Crippen molar-refractivity contribution in [3.63, 3.8) is 0 Å². The van der Waals surface area contributed by atoms with E-state index in [1.807, 2.05) is 0 Å². The third kappa shape index (κ3) is 2.56. The monoisotopic (exact) mass is 295 g/mol. The fourth-order valence-corrected chi connectivity index (χ4v) is 2.20. The number of rotatable bonds is 2. The summed E-state index contributed by atoms with van der Waals surface area (Å²) in [6.07, 6.45) is 0. The zero-order chi connectivity index (χ0) is 15.7. The van der Waals surface area contributed by atoms with Gasteiger partial charge < -0.3 is 14.8 Å². The van der Waals surface area contributed by atoms with Crippen molar-refractivity contribution in [3.05, 3.63) is 70.1 Å². The van der Waals surface area contributed by atoms with E-state index in [1.54, 1.807) is 37.3 Å².